The van der Waals surface area contributed by atoms with E-state index in [9.17, 15) is 70.9 Å². The molecule has 15 unspecified atom stereocenters. The number of carboxylic acid groups (broad SMARTS) is 1. The molecular formula is C35H42O23. The van der Waals surface area contributed by atoms with Crippen LogP contribution < -0.4 is 0 Å². The fourth-order valence-corrected chi connectivity index (χ4v) is 6.44. The van der Waals surface area contributed by atoms with Crippen molar-refractivity contribution < 1.29 is 114 Å². The molecule has 5 aliphatic rings. The maximum atomic E-state index is 12.0. The second-order valence-electron chi connectivity index (χ2n) is 13.7. The Kier molecular flexibility index (Phi) is 13.1. The zero-order chi connectivity index (χ0) is 42.2. The van der Waals surface area contributed by atoms with Crippen molar-refractivity contribution in [1.82, 2.24) is 0 Å². The molecule has 58 heavy (non-hydrogen) atoms. The number of allylic oxidation sites excluding steroid dienone is 2. The van der Waals surface area contributed by atoms with E-state index in [-0.39, 0.29) is 28.4 Å². The first kappa shape index (κ1) is 43.0. The van der Waals surface area contributed by atoms with Crippen LogP contribution in [0.3, 0.4) is 0 Å². The van der Waals surface area contributed by atoms with Gasteiger partial charge in [-0.15, -0.1) is 0 Å². The molecular weight excluding hydrogens is 788 g/mol. The first-order valence-corrected chi connectivity index (χ1v) is 17.6. The summed E-state index contributed by atoms with van der Waals surface area (Å²) in [5.41, 5.74) is -0.0327. The van der Waals surface area contributed by atoms with Crippen molar-refractivity contribution >= 4 is 17.7 Å². The van der Waals surface area contributed by atoms with E-state index in [0.717, 1.165) is 18.2 Å². The molecule has 0 radical (unpaired) electrons. The van der Waals surface area contributed by atoms with Gasteiger partial charge < -0.3 is 104 Å². The van der Waals surface area contributed by atoms with Crippen LogP contribution in [0.15, 0.2) is 59.3 Å². The molecule has 1 aromatic carbocycles. The number of fused-ring (bicyclic) bond motifs is 1. The topological polar surface area (TPSA) is 371 Å². The number of phenols is 2. The minimum absolute atomic E-state index is 0.00982. The first-order chi connectivity index (χ1) is 27.5. The summed E-state index contributed by atoms with van der Waals surface area (Å²) in [6, 6.07) is 3.42. The van der Waals surface area contributed by atoms with Crippen LogP contribution in [0.5, 0.6) is 11.5 Å². The number of phenolic OH excluding ortho intramolecular Hbond substituents is 2. The molecule has 13 N–H and O–H groups in total. The van der Waals surface area contributed by atoms with Crippen LogP contribution in [0.2, 0.25) is 0 Å². The second kappa shape index (κ2) is 17.7. The van der Waals surface area contributed by atoms with Crippen molar-refractivity contribution in [2.45, 2.75) is 98.5 Å². The van der Waals surface area contributed by atoms with Crippen LogP contribution in [0, 0.1) is 0 Å². The van der Waals surface area contributed by atoms with Gasteiger partial charge in [0.05, 0.1) is 13.2 Å². The molecule has 0 amide bonds. The lowest BCUT2D eigenvalue weighted by Gasteiger charge is -2.45. The Balaban J connectivity index is 1.34. The van der Waals surface area contributed by atoms with E-state index in [1.807, 2.05) is 0 Å². The number of benzene rings is 1. The summed E-state index contributed by atoms with van der Waals surface area (Å²) in [7, 11) is 0. The molecule has 6 rings (SSSR count). The van der Waals surface area contributed by atoms with Gasteiger partial charge in [-0.2, -0.15) is 0 Å². The lowest BCUT2D eigenvalue weighted by Crippen LogP contribution is -2.63. The van der Waals surface area contributed by atoms with E-state index < -0.39 is 148 Å². The number of carbonyl (C=O) groups excluding carboxylic acids is 1. The van der Waals surface area contributed by atoms with Gasteiger partial charge in [0.1, 0.15) is 91.7 Å². The first-order valence-electron chi connectivity index (χ1n) is 17.6. The SMILES string of the molecule is O=C(O)CC(=O)OCC1OC(OC2=C(c3ccc(O)c(O)c3)OC3C=C(OC4OC(CO)C(O)C(O)C4O)C=C(O)C3=C2)C(OC2OCC(O)C(O)C2O)C(O)C1O. The van der Waals surface area contributed by atoms with Gasteiger partial charge in [-0.3, -0.25) is 9.59 Å². The number of hydrogen-bond acceptors (Lipinski definition) is 22. The van der Waals surface area contributed by atoms with E-state index >= 15 is 0 Å². The number of carboxylic acids is 1. The van der Waals surface area contributed by atoms with Crippen LogP contribution in [0.25, 0.3) is 5.76 Å². The fourth-order valence-electron chi connectivity index (χ4n) is 6.44. The number of esters is 1. The lowest BCUT2D eigenvalue weighted by atomic mass is 9.96. The summed E-state index contributed by atoms with van der Waals surface area (Å²) in [4.78, 5) is 23.0. The summed E-state index contributed by atoms with van der Waals surface area (Å²) in [5.74, 6) is -5.26. The Hall–Kier alpha value is -4.60. The molecule has 3 fully saturated rings. The van der Waals surface area contributed by atoms with Crippen LogP contribution in [-0.2, 0) is 47.5 Å². The van der Waals surface area contributed by atoms with E-state index in [4.69, 9.17) is 43.0 Å². The highest BCUT2D eigenvalue weighted by molar-refractivity contribution is 5.90. The van der Waals surface area contributed by atoms with E-state index in [1.165, 1.54) is 18.2 Å². The van der Waals surface area contributed by atoms with Crippen LogP contribution in [0.4, 0.5) is 0 Å². The number of aliphatic hydroxyl groups is 10. The molecule has 0 bridgehead atoms. The molecule has 0 aromatic heterocycles. The van der Waals surface area contributed by atoms with Crippen LogP contribution in [0.1, 0.15) is 12.0 Å². The highest BCUT2D eigenvalue weighted by Crippen LogP contribution is 2.41. The monoisotopic (exact) mass is 830 g/mol. The molecule has 23 heteroatoms. The van der Waals surface area contributed by atoms with Gasteiger partial charge in [0.2, 0.25) is 12.6 Å². The van der Waals surface area contributed by atoms with Crippen molar-refractivity contribution in [3.05, 3.63) is 64.8 Å². The molecule has 15 atom stereocenters. The van der Waals surface area contributed by atoms with E-state index in [2.05, 4.69) is 0 Å². The quantitative estimate of drug-likeness (QED) is 0.0537. The Morgan fingerprint density at radius 2 is 1.45 bits per heavy atom. The van der Waals surface area contributed by atoms with Gasteiger partial charge in [0, 0.05) is 23.3 Å². The average Bonchev–Trinajstić information content (AvgIpc) is 3.18. The van der Waals surface area contributed by atoms with Crippen molar-refractivity contribution in [3.63, 3.8) is 0 Å². The predicted octanol–water partition coefficient (Wildman–Crippen LogP) is -4.45. The van der Waals surface area contributed by atoms with Gasteiger partial charge in [-0.1, -0.05) is 0 Å². The summed E-state index contributed by atoms with van der Waals surface area (Å²) in [6.07, 6.45) is -23.4. The maximum absolute atomic E-state index is 12.0. The third kappa shape index (κ3) is 9.01. The Labute approximate surface area is 326 Å². The Morgan fingerprint density at radius 3 is 2.14 bits per heavy atom. The number of aliphatic carboxylic acids is 1. The normalized spacial score (nSPS) is 37.7. The largest absolute Gasteiger partial charge is 0.507 e. The third-order valence-electron chi connectivity index (χ3n) is 9.63. The molecule has 4 heterocycles. The number of rotatable bonds is 12. The zero-order valence-electron chi connectivity index (χ0n) is 29.8. The highest BCUT2D eigenvalue weighted by Gasteiger charge is 2.51. The molecule has 0 saturated carbocycles. The smallest absolute Gasteiger partial charge is 0.317 e. The van der Waals surface area contributed by atoms with Crippen molar-refractivity contribution in [2.75, 3.05) is 19.8 Å². The van der Waals surface area contributed by atoms with Gasteiger partial charge in [-0.05, 0) is 24.3 Å². The highest BCUT2D eigenvalue weighted by atomic mass is 16.8. The summed E-state index contributed by atoms with van der Waals surface area (Å²) >= 11 is 0. The molecule has 23 nitrogen and oxygen atoms in total. The van der Waals surface area contributed by atoms with Crippen LogP contribution >= 0.6 is 0 Å². The van der Waals surface area contributed by atoms with Crippen molar-refractivity contribution in [2.24, 2.45) is 0 Å². The predicted molar refractivity (Wildman–Crippen MR) is 181 cm³/mol. The standard InChI is InChI=1S/C35H42O23/c36-8-20-25(45)27(47)30(50)34(56-20)53-12-4-15(38)13-6-19(31(54-18(13)5-12)11-1-2-14(37)16(39)3-11)55-35-32(58-33-29(49)24(44)17(40)9-52-33)28(48)26(46)21(57-35)10-51-23(43)7-22(41)42/h1-6,17-18,20-21,24-30,32-40,44-50H,7-10H2,(H,41,42). The molecule has 1 aliphatic carbocycles. The number of aliphatic hydroxyl groups excluding tert-OH is 10. The maximum Gasteiger partial charge on any atom is 0.317 e. The Morgan fingerprint density at radius 1 is 0.759 bits per heavy atom. The summed E-state index contributed by atoms with van der Waals surface area (Å²) in [5, 5.41) is 134. The Bertz CT molecular complexity index is 1810. The fraction of sp³-hybridized carbons (Fsp3) is 0.543. The summed E-state index contributed by atoms with van der Waals surface area (Å²) < 4.78 is 45.2. The molecule has 4 aliphatic heterocycles. The van der Waals surface area contributed by atoms with Gasteiger partial charge >= 0.3 is 11.9 Å². The van der Waals surface area contributed by atoms with Gasteiger partial charge in [-0.25, -0.2) is 0 Å². The third-order valence-corrected chi connectivity index (χ3v) is 9.63. The summed E-state index contributed by atoms with van der Waals surface area (Å²) in [6.45, 7) is -2.11. The number of aromatic hydroxyl groups is 2. The van der Waals surface area contributed by atoms with Crippen LogP contribution in [-0.4, -0.2) is 190 Å². The molecule has 320 valence electrons. The molecule has 1 aromatic rings. The average molecular weight is 831 g/mol. The zero-order valence-corrected chi connectivity index (χ0v) is 29.8. The van der Waals surface area contributed by atoms with E-state index in [1.54, 1.807) is 0 Å². The van der Waals surface area contributed by atoms with Gasteiger partial charge in [0.15, 0.2) is 35.4 Å². The number of carbonyl (C=O) groups is 2. The number of ether oxygens (including phenoxy) is 8. The minimum atomic E-state index is -2.03. The van der Waals surface area contributed by atoms with Gasteiger partial charge in [0.25, 0.3) is 0 Å². The second-order valence-corrected chi connectivity index (χ2v) is 13.7. The molecule has 3 saturated heterocycles. The lowest BCUT2D eigenvalue weighted by molar-refractivity contribution is -0.351. The van der Waals surface area contributed by atoms with Crippen molar-refractivity contribution in [3.8, 4) is 11.5 Å². The number of hydrogen-bond donors (Lipinski definition) is 13. The van der Waals surface area contributed by atoms with Crippen molar-refractivity contribution in [1.29, 1.82) is 0 Å². The minimum Gasteiger partial charge on any atom is -0.507 e. The van der Waals surface area contributed by atoms with E-state index in [0.29, 0.717) is 0 Å². The molecule has 0 spiro atoms.